The summed E-state index contributed by atoms with van der Waals surface area (Å²) < 4.78 is 5.55. The minimum Gasteiger partial charge on any atom is -0.465 e. The Morgan fingerprint density at radius 1 is 1.00 bits per heavy atom. The molecule has 0 bridgehead atoms. The zero-order valence-corrected chi connectivity index (χ0v) is 14.8. The first-order valence-electron chi connectivity index (χ1n) is 9.50. The third-order valence-corrected chi connectivity index (χ3v) is 5.33. The molecule has 136 valence electrons. The second-order valence-corrected chi connectivity index (χ2v) is 7.19. The van der Waals surface area contributed by atoms with Crippen molar-refractivity contribution in [3.05, 3.63) is 30.3 Å². The Kier molecular flexibility index (Phi) is 6.31. The topological polar surface area (TPSA) is 58.6 Å². The van der Waals surface area contributed by atoms with E-state index >= 15 is 0 Å². The molecule has 0 atom stereocenters. The first kappa shape index (κ1) is 17.8. The van der Waals surface area contributed by atoms with Crippen LogP contribution in [-0.2, 0) is 9.53 Å². The van der Waals surface area contributed by atoms with E-state index in [1.165, 1.54) is 32.1 Å². The number of nitrogens with zero attached hydrogens (tertiary/aromatic N) is 1. The fourth-order valence-corrected chi connectivity index (χ4v) is 3.71. The number of benzene rings is 1. The van der Waals surface area contributed by atoms with Crippen molar-refractivity contribution in [2.24, 2.45) is 11.8 Å². The van der Waals surface area contributed by atoms with Gasteiger partial charge in [-0.1, -0.05) is 37.5 Å². The van der Waals surface area contributed by atoms with Gasteiger partial charge in [0.05, 0.1) is 12.5 Å². The number of hydrogen-bond donors (Lipinski definition) is 1. The molecule has 1 saturated carbocycles. The average Bonchev–Trinajstić information content (AvgIpc) is 2.68. The fraction of sp³-hybridized carbons (Fsp3) is 0.600. The Morgan fingerprint density at radius 3 is 2.36 bits per heavy atom. The largest absolute Gasteiger partial charge is 0.465 e. The Labute approximate surface area is 149 Å². The molecular weight excluding hydrogens is 316 g/mol. The Morgan fingerprint density at radius 2 is 1.68 bits per heavy atom. The number of nitrogens with one attached hydrogen (secondary N) is 1. The standard InChI is InChI=1S/C20H28N2O3/c23-19(25-15-16-7-3-1-4-8-16)17-11-13-22(14-12-17)20(24)21-18-9-5-2-6-10-18/h2,5-6,9-10,16-17H,1,3-4,7-8,11-15H2,(H,21,24). The molecule has 1 aromatic carbocycles. The van der Waals surface area contributed by atoms with Crippen LogP contribution in [0.4, 0.5) is 10.5 Å². The molecular formula is C20H28N2O3. The minimum absolute atomic E-state index is 0.0654. The lowest BCUT2D eigenvalue weighted by Crippen LogP contribution is -2.42. The average molecular weight is 344 g/mol. The van der Waals surface area contributed by atoms with Gasteiger partial charge in [0.1, 0.15) is 0 Å². The molecule has 5 nitrogen and oxygen atoms in total. The number of anilines is 1. The number of carbonyl (C=O) groups excluding carboxylic acids is 2. The van der Waals surface area contributed by atoms with Gasteiger partial charge in [0.15, 0.2) is 0 Å². The highest BCUT2D eigenvalue weighted by atomic mass is 16.5. The third kappa shape index (κ3) is 5.21. The smallest absolute Gasteiger partial charge is 0.321 e. The maximum absolute atomic E-state index is 12.3. The van der Waals surface area contributed by atoms with Crippen LogP contribution in [0.2, 0.25) is 0 Å². The van der Waals surface area contributed by atoms with Crippen molar-refractivity contribution in [2.45, 2.75) is 44.9 Å². The molecule has 2 amide bonds. The number of ether oxygens (including phenoxy) is 1. The number of esters is 1. The van der Waals surface area contributed by atoms with E-state index in [1.807, 2.05) is 30.3 Å². The molecule has 1 heterocycles. The molecule has 1 aliphatic carbocycles. The molecule has 1 aliphatic heterocycles. The van der Waals surface area contributed by atoms with Crippen LogP contribution in [-0.4, -0.2) is 36.6 Å². The van der Waals surface area contributed by atoms with Gasteiger partial charge in [-0.2, -0.15) is 0 Å². The fourth-order valence-electron chi connectivity index (χ4n) is 3.71. The summed E-state index contributed by atoms with van der Waals surface area (Å²) in [5.41, 5.74) is 0.793. The third-order valence-electron chi connectivity index (χ3n) is 5.33. The van der Waals surface area contributed by atoms with Crippen LogP contribution in [0, 0.1) is 11.8 Å². The second-order valence-electron chi connectivity index (χ2n) is 7.19. The SMILES string of the molecule is O=C(OCC1CCCCC1)C1CCN(C(=O)Nc2ccccc2)CC1. The quantitative estimate of drug-likeness (QED) is 0.838. The molecule has 0 spiro atoms. The molecule has 2 fully saturated rings. The zero-order valence-electron chi connectivity index (χ0n) is 14.8. The van der Waals surface area contributed by atoms with Crippen molar-refractivity contribution in [3.63, 3.8) is 0 Å². The van der Waals surface area contributed by atoms with Gasteiger partial charge in [0, 0.05) is 18.8 Å². The van der Waals surface area contributed by atoms with E-state index in [0.717, 1.165) is 5.69 Å². The molecule has 1 N–H and O–H groups in total. The molecule has 5 heteroatoms. The lowest BCUT2D eigenvalue weighted by molar-refractivity contribution is -0.151. The summed E-state index contributed by atoms with van der Waals surface area (Å²) in [5, 5.41) is 2.89. The molecule has 0 radical (unpaired) electrons. The van der Waals surface area contributed by atoms with Crippen molar-refractivity contribution in [3.8, 4) is 0 Å². The van der Waals surface area contributed by atoms with Crippen LogP contribution in [0.25, 0.3) is 0 Å². The van der Waals surface area contributed by atoms with Crippen LogP contribution < -0.4 is 5.32 Å². The van der Waals surface area contributed by atoms with Gasteiger partial charge < -0.3 is 15.0 Å². The predicted molar refractivity (Wildman–Crippen MR) is 97.3 cm³/mol. The van der Waals surface area contributed by atoms with E-state index in [4.69, 9.17) is 4.74 Å². The van der Waals surface area contributed by atoms with E-state index < -0.39 is 0 Å². The Hall–Kier alpha value is -2.04. The van der Waals surface area contributed by atoms with Crippen molar-refractivity contribution < 1.29 is 14.3 Å². The van der Waals surface area contributed by atoms with Gasteiger partial charge in [-0.05, 0) is 43.7 Å². The van der Waals surface area contributed by atoms with E-state index in [9.17, 15) is 9.59 Å². The zero-order chi connectivity index (χ0) is 17.5. The van der Waals surface area contributed by atoms with Crippen molar-refractivity contribution in [1.82, 2.24) is 4.90 Å². The normalized spacial score (nSPS) is 19.4. The van der Waals surface area contributed by atoms with Gasteiger partial charge in [-0.3, -0.25) is 4.79 Å². The van der Waals surface area contributed by atoms with Crippen LogP contribution >= 0.6 is 0 Å². The summed E-state index contributed by atoms with van der Waals surface area (Å²) in [4.78, 5) is 26.3. The molecule has 3 rings (SSSR count). The number of para-hydroxylation sites is 1. The summed E-state index contributed by atoms with van der Waals surface area (Å²) in [5.74, 6) is 0.410. The van der Waals surface area contributed by atoms with Gasteiger partial charge in [0.2, 0.25) is 0 Å². The minimum atomic E-state index is -0.0970. The molecule has 0 aromatic heterocycles. The van der Waals surface area contributed by atoms with Gasteiger partial charge in [0.25, 0.3) is 0 Å². The molecule has 0 unspecified atom stereocenters. The highest BCUT2D eigenvalue weighted by molar-refractivity contribution is 5.89. The first-order chi connectivity index (χ1) is 12.2. The van der Waals surface area contributed by atoms with Crippen LogP contribution in [0.15, 0.2) is 30.3 Å². The lowest BCUT2D eigenvalue weighted by Gasteiger charge is -2.31. The van der Waals surface area contributed by atoms with Crippen molar-refractivity contribution in [1.29, 1.82) is 0 Å². The first-order valence-corrected chi connectivity index (χ1v) is 9.50. The summed E-state index contributed by atoms with van der Waals surface area (Å²) in [6.07, 6.45) is 7.58. The van der Waals surface area contributed by atoms with Gasteiger partial charge >= 0.3 is 12.0 Å². The number of amides is 2. The number of rotatable bonds is 4. The maximum atomic E-state index is 12.3. The summed E-state index contributed by atoms with van der Waals surface area (Å²) >= 11 is 0. The number of likely N-dealkylation sites (tertiary alicyclic amines) is 1. The van der Waals surface area contributed by atoms with Gasteiger partial charge in [-0.15, -0.1) is 0 Å². The lowest BCUT2D eigenvalue weighted by atomic mass is 9.90. The maximum Gasteiger partial charge on any atom is 0.321 e. The van der Waals surface area contributed by atoms with Crippen LogP contribution in [0.1, 0.15) is 44.9 Å². The number of piperidine rings is 1. The molecule has 2 aliphatic rings. The summed E-state index contributed by atoms with van der Waals surface area (Å²) in [7, 11) is 0. The summed E-state index contributed by atoms with van der Waals surface area (Å²) in [6.45, 7) is 1.78. The molecule has 1 saturated heterocycles. The van der Waals surface area contributed by atoms with Crippen molar-refractivity contribution >= 4 is 17.7 Å². The number of urea groups is 1. The monoisotopic (exact) mass is 344 g/mol. The van der Waals surface area contributed by atoms with E-state index in [1.54, 1.807) is 4.90 Å². The highest BCUT2D eigenvalue weighted by Gasteiger charge is 2.29. The predicted octanol–water partition coefficient (Wildman–Crippen LogP) is 4.05. The number of carbonyl (C=O) groups is 2. The Bertz CT molecular complexity index is 562. The highest BCUT2D eigenvalue weighted by Crippen LogP contribution is 2.25. The second kappa shape index (κ2) is 8.88. The molecule has 1 aromatic rings. The van der Waals surface area contributed by atoms with Crippen LogP contribution in [0.3, 0.4) is 0 Å². The van der Waals surface area contributed by atoms with E-state index in [2.05, 4.69) is 5.32 Å². The number of hydrogen-bond acceptors (Lipinski definition) is 3. The van der Waals surface area contributed by atoms with Crippen LogP contribution in [0.5, 0.6) is 0 Å². The van der Waals surface area contributed by atoms with E-state index in [0.29, 0.717) is 38.5 Å². The Balaban J connectivity index is 1.38. The van der Waals surface area contributed by atoms with Crippen molar-refractivity contribution in [2.75, 3.05) is 25.0 Å². The van der Waals surface area contributed by atoms with E-state index in [-0.39, 0.29) is 17.9 Å². The summed E-state index contributed by atoms with van der Waals surface area (Å²) in [6, 6.07) is 9.34. The molecule has 25 heavy (non-hydrogen) atoms. The van der Waals surface area contributed by atoms with Gasteiger partial charge in [-0.25, -0.2) is 4.79 Å².